The standard InChI is InChI=1S/C7H4ClN3O/c8-6-3-10-2-1-5(6)7(12)11-4-9/h1-3H,(H,11,12). The summed E-state index contributed by atoms with van der Waals surface area (Å²) in [7, 11) is 0. The fourth-order valence-corrected chi connectivity index (χ4v) is 0.883. The smallest absolute Gasteiger partial charge is 0.265 e. The number of carbonyl (C=O) groups excluding carboxylic acids is 1. The monoisotopic (exact) mass is 181 g/mol. The highest BCUT2D eigenvalue weighted by molar-refractivity contribution is 6.33. The molecule has 12 heavy (non-hydrogen) atoms. The van der Waals surface area contributed by atoms with E-state index in [4.69, 9.17) is 16.9 Å². The molecule has 4 nitrogen and oxygen atoms in total. The predicted octanol–water partition coefficient (Wildman–Crippen LogP) is 0.946. The molecule has 1 amide bonds. The number of amides is 1. The first-order valence-corrected chi connectivity index (χ1v) is 3.42. The summed E-state index contributed by atoms with van der Waals surface area (Å²) >= 11 is 5.62. The number of hydrogen-bond donors (Lipinski definition) is 1. The molecule has 0 aromatic carbocycles. The molecule has 1 rings (SSSR count). The van der Waals surface area contributed by atoms with Crippen LogP contribution in [0.1, 0.15) is 10.4 Å². The number of rotatable bonds is 1. The van der Waals surface area contributed by atoms with Gasteiger partial charge < -0.3 is 0 Å². The van der Waals surface area contributed by atoms with Crippen LogP contribution in [0.15, 0.2) is 18.5 Å². The lowest BCUT2D eigenvalue weighted by molar-refractivity contribution is 0.0973. The normalized spacial score (nSPS) is 8.67. The van der Waals surface area contributed by atoms with Gasteiger partial charge in [-0.15, -0.1) is 0 Å². The van der Waals surface area contributed by atoms with E-state index in [0.717, 1.165) is 0 Å². The van der Waals surface area contributed by atoms with Crippen molar-refractivity contribution in [3.05, 3.63) is 29.0 Å². The predicted molar refractivity (Wildman–Crippen MR) is 42.3 cm³/mol. The molecule has 0 radical (unpaired) electrons. The van der Waals surface area contributed by atoms with Crippen molar-refractivity contribution in [2.75, 3.05) is 0 Å². The zero-order valence-electron chi connectivity index (χ0n) is 5.91. The first kappa shape index (κ1) is 8.50. The van der Waals surface area contributed by atoms with E-state index >= 15 is 0 Å². The minimum absolute atomic E-state index is 0.227. The molecule has 0 unspecified atom stereocenters. The van der Waals surface area contributed by atoms with Gasteiger partial charge in [0, 0.05) is 12.4 Å². The second kappa shape index (κ2) is 3.69. The third-order valence-electron chi connectivity index (χ3n) is 1.19. The van der Waals surface area contributed by atoms with Crippen molar-refractivity contribution in [1.29, 1.82) is 5.26 Å². The third kappa shape index (κ3) is 1.71. The highest BCUT2D eigenvalue weighted by Gasteiger charge is 2.07. The van der Waals surface area contributed by atoms with Crippen LogP contribution in [0.4, 0.5) is 0 Å². The van der Waals surface area contributed by atoms with E-state index in [2.05, 4.69) is 4.98 Å². The van der Waals surface area contributed by atoms with E-state index in [1.807, 2.05) is 5.32 Å². The average molecular weight is 182 g/mol. The Morgan fingerprint density at radius 2 is 2.50 bits per heavy atom. The highest BCUT2D eigenvalue weighted by Crippen LogP contribution is 2.12. The van der Waals surface area contributed by atoms with Gasteiger partial charge in [-0.05, 0) is 6.07 Å². The Hall–Kier alpha value is -1.60. The summed E-state index contributed by atoms with van der Waals surface area (Å²) in [6.07, 6.45) is 4.28. The minimum atomic E-state index is -0.523. The van der Waals surface area contributed by atoms with Crippen LogP contribution in [0.25, 0.3) is 0 Å². The van der Waals surface area contributed by atoms with Gasteiger partial charge in [0.2, 0.25) is 0 Å². The van der Waals surface area contributed by atoms with Crippen molar-refractivity contribution >= 4 is 17.5 Å². The van der Waals surface area contributed by atoms with E-state index in [1.165, 1.54) is 24.7 Å². The number of nitrogens with one attached hydrogen (secondary N) is 1. The molecular formula is C7H4ClN3O. The van der Waals surface area contributed by atoms with Gasteiger partial charge in [-0.25, -0.2) is 0 Å². The molecule has 0 atom stereocenters. The molecule has 0 saturated heterocycles. The fourth-order valence-electron chi connectivity index (χ4n) is 0.677. The van der Waals surface area contributed by atoms with Crippen molar-refractivity contribution in [3.8, 4) is 6.19 Å². The van der Waals surface area contributed by atoms with Gasteiger partial charge in [0.15, 0.2) is 6.19 Å². The van der Waals surface area contributed by atoms with Crippen LogP contribution < -0.4 is 5.32 Å². The molecule has 5 heteroatoms. The minimum Gasteiger partial charge on any atom is -0.268 e. The van der Waals surface area contributed by atoms with Gasteiger partial charge >= 0.3 is 0 Å². The maximum Gasteiger partial charge on any atom is 0.265 e. The first-order chi connectivity index (χ1) is 5.75. The van der Waals surface area contributed by atoms with Gasteiger partial charge in [-0.1, -0.05) is 11.6 Å². The maximum atomic E-state index is 11.0. The molecule has 0 fully saturated rings. The van der Waals surface area contributed by atoms with E-state index in [0.29, 0.717) is 0 Å². The Morgan fingerprint density at radius 1 is 1.75 bits per heavy atom. The quantitative estimate of drug-likeness (QED) is 0.518. The molecule has 0 aliphatic carbocycles. The maximum absolute atomic E-state index is 11.0. The van der Waals surface area contributed by atoms with Crippen LogP contribution in [0.5, 0.6) is 0 Å². The highest BCUT2D eigenvalue weighted by atomic mass is 35.5. The molecule has 0 bridgehead atoms. The average Bonchev–Trinajstić information content (AvgIpc) is 2.05. The van der Waals surface area contributed by atoms with Crippen LogP contribution in [-0.4, -0.2) is 10.9 Å². The van der Waals surface area contributed by atoms with E-state index in [-0.39, 0.29) is 10.6 Å². The van der Waals surface area contributed by atoms with Gasteiger partial charge in [0.05, 0.1) is 10.6 Å². The summed E-state index contributed by atoms with van der Waals surface area (Å²) in [6, 6.07) is 1.44. The molecule has 1 heterocycles. The summed E-state index contributed by atoms with van der Waals surface area (Å²) in [5, 5.41) is 10.3. The number of carbonyl (C=O) groups is 1. The van der Waals surface area contributed by atoms with E-state index < -0.39 is 5.91 Å². The molecular weight excluding hydrogens is 178 g/mol. The lowest BCUT2D eigenvalue weighted by atomic mass is 10.2. The zero-order chi connectivity index (χ0) is 8.97. The van der Waals surface area contributed by atoms with Gasteiger partial charge in [-0.3, -0.25) is 15.1 Å². The summed E-state index contributed by atoms with van der Waals surface area (Å²) in [5.41, 5.74) is 0.244. The number of nitrogens with zero attached hydrogens (tertiary/aromatic N) is 2. The van der Waals surface area contributed by atoms with Crippen molar-refractivity contribution in [2.45, 2.75) is 0 Å². The molecule has 0 aliphatic rings. The molecule has 1 aromatic heterocycles. The Morgan fingerprint density at radius 3 is 3.08 bits per heavy atom. The molecule has 0 spiro atoms. The zero-order valence-corrected chi connectivity index (χ0v) is 6.67. The molecule has 0 saturated carbocycles. The van der Waals surface area contributed by atoms with Crippen molar-refractivity contribution < 1.29 is 4.79 Å². The number of halogens is 1. The van der Waals surface area contributed by atoms with Crippen molar-refractivity contribution in [3.63, 3.8) is 0 Å². The third-order valence-corrected chi connectivity index (χ3v) is 1.49. The Bertz CT molecular complexity index is 345. The summed E-state index contributed by atoms with van der Waals surface area (Å²) in [4.78, 5) is 14.7. The molecule has 1 aromatic rings. The second-order valence-electron chi connectivity index (χ2n) is 1.92. The summed E-state index contributed by atoms with van der Waals surface area (Å²) in [5.74, 6) is -0.523. The number of pyridine rings is 1. The van der Waals surface area contributed by atoms with Gasteiger partial charge in [-0.2, -0.15) is 5.26 Å². The number of aromatic nitrogens is 1. The number of hydrogen-bond acceptors (Lipinski definition) is 3. The Balaban J connectivity index is 2.97. The fraction of sp³-hybridized carbons (Fsp3) is 0. The van der Waals surface area contributed by atoms with Crippen molar-refractivity contribution in [2.24, 2.45) is 0 Å². The van der Waals surface area contributed by atoms with Gasteiger partial charge in [0.1, 0.15) is 0 Å². The topological polar surface area (TPSA) is 65.8 Å². The van der Waals surface area contributed by atoms with Crippen molar-refractivity contribution in [1.82, 2.24) is 10.3 Å². The molecule has 60 valence electrons. The van der Waals surface area contributed by atoms with E-state index in [9.17, 15) is 4.79 Å². The first-order valence-electron chi connectivity index (χ1n) is 3.04. The number of nitriles is 1. The van der Waals surface area contributed by atoms with Crippen LogP contribution in [0.3, 0.4) is 0 Å². The van der Waals surface area contributed by atoms with E-state index in [1.54, 1.807) is 0 Å². The summed E-state index contributed by atoms with van der Waals surface area (Å²) < 4.78 is 0. The lowest BCUT2D eigenvalue weighted by Gasteiger charge is -1.97. The van der Waals surface area contributed by atoms with Crippen LogP contribution in [0, 0.1) is 11.5 Å². The molecule has 0 aliphatic heterocycles. The second-order valence-corrected chi connectivity index (χ2v) is 2.33. The Kier molecular flexibility index (Phi) is 2.62. The summed E-state index contributed by atoms with van der Waals surface area (Å²) in [6.45, 7) is 0. The molecule has 1 N–H and O–H groups in total. The van der Waals surface area contributed by atoms with Crippen LogP contribution in [-0.2, 0) is 0 Å². The lowest BCUT2D eigenvalue weighted by Crippen LogP contribution is -2.17. The SMILES string of the molecule is N#CNC(=O)c1ccncc1Cl. The van der Waals surface area contributed by atoms with Gasteiger partial charge in [0.25, 0.3) is 5.91 Å². The van der Waals surface area contributed by atoms with Crippen LogP contribution >= 0.6 is 11.6 Å². The van der Waals surface area contributed by atoms with Crippen LogP contribution in [0.2, 0.25) is 5.02 Å². The Labute approximate surface area is 73.8 Å². The largest absolute Gasteiger partial charge is 0.268 e.